The summed E-state index contributed by atoms with van der Waals surface area (Å²) in [4.78, 5) is 25.3. The molecule has 2 N–H and O–H groups in total. The molecule has 0 radical (unpaired) electrons. The first-order valence-electron chi connectivity index (χ1n) is 8.61. The summed E-state index contributed by atoms with van der Waals surface area (Å²) in [6.45, 7) is 2.99. The molecule has 0 aliphatic rings. The summed E-state index contributed by atoms with van der Waals surface area (Å²) in [5.41, 5.74) is -1.66. The number of carbonyl (C=O) groups excluding carboxylic acids is 1. The number of carbonyl (C=O) groups is 1. The Hall–Kier alpha value is -2.77. The fourth-order valence-electron chi connectivity index (χ4n) is 2.32. The summed E-state index contributed by atoms with van der Waals surface area (Å²) in [5, 5.41) is 2.53. The zero-order valence-corrected chi connectivity index (χ0v) is 14.9. The van der Waals surface area contributed by atoms with Crippen LogP contribution in [0.1, 0.15) is 41.4 Å². The van der Waals surface area contributed by atoms with Crippen molar-refractivity contribution in [3.63, 3.8) is 0 Å². The largest absolute Gasteiger partial charge is 0.494 e. The standard InChI is InChI=1S/C19H21F3N2O3/c1-2-3-12-27-14-6-4-13(5-7-14)10-11-23-17(25)15-8-9-16(19(20,21)22)24-18(15)26/h4-9H,2-3,10-12H2,1H3,(H,23,25)(H,24,26). The van der Waals surface area contributed by atoms with Crippen molar-refractivity contribution in [2.24, 2.45) is 0 Å². The lowest BCUT2D eigenvalue weighted by Crippen LogP contribution is -2.32. The summed E-state index contributed by atoms with van der Waals surface area (Å²) in [6.07, 6.45) is -2.11. The van der Waals surface area contributed by atoms with Crippen LogP contribution in [0.15, 0.2) is 41.2 Å². The van der Waals surface area contributed by atoms with Crippen molar-refractivity contribution in [1.29, 1.82) is 0 Å². The lowest BCUT2D eigenvalue weighted by Gasteiger charge is -2.09. The average molecular weight is 382 g/mol. The van der Waals surface area contributed by atoms with Crippen LogP contribution in [0.25, 0.3) is 0 Å². The van der Waals surface area contributed by atoms with Crippen LogP contribution in [-0.2, 0) is 12.6 Å². The number of ether oxygens (including phenoxy) is 1. The third-order valence-corrected chi connectivity index (χ3v) is 3.85. The van der Waals surface area contributed by atoms with E-state index in [4.69, 9.17) is 4.74 Å². The van der Waals surface area contributed by atoms with E-state index in [0.29, 0.717) is 19.1 Å². The van der Waals surface area contributed by atoms with Gasteiger partial charge in [-0.1, -0.05) is 25.5 Å². The van der Waals surface area contributed by atoms with Crippen LogP contribution in [0.5, 0.6) is 5.75 Å². The quantitative estimate of drug-likeness (QED) is 0.686. The van der Waals surface area contributed by atoms with Gasteiger partial charge in [-0.05, 0) is 42.7 Å². The predicted molar refractivity (Wildman–Crippen MR) is 94.9 cm³/mol. The van der Waals surface area contributed by atoms with E-state index >= 15 is 0 Å². The number of hydrogen-bond donors (Lipinski definition) is 2. The van der Waals surface area contributed by atoms with Gasteiger partial charge in [0.2, 0.25) is 0 Å². The maximum absolute atomic E-state index is 12.5. The van der Waals surface area contributed by atoms with Gasteiger partial charge in [0.05, 0.1) is 6.61 Å². The van der Waals surface area contributed by atoms with Crippen LogP contribution in [0, 0.1) is 0 Å². The molecular formula is C19H21F3N2O3. The number of benzene rings is 1. The number of aromatic nitrogens is 1. The number of amides is 1. The van der Waals surface area contributed by atoms with Crippen LogP contribution >= 0.6 is 0 Å². The van der Waals surface area contributed by atoms with Crippen molar-refractivity contribution in [3.05, 3.63) is 63.6 Å². The number of unbranched alkanes of at least 4 members (excludes halogenated alkanes) is 1. The number of hydrogen-bond acceptors (Lipinski definition) is 3. The molecule has 8 heteroatoms. The van der Waals surface area contributed by atoms with Gasteiger partial charge in [0, 0.05) is 6.54 Å². The van der Waals surface area contributed by atoms with Crippen molar-refractivity contribution in [2.45, 2.75) is 32.4 Å². The molecule has 146 valence electrons. The minimum Gasteiger partial charge on any atom is -0.494 e. The normalized spacial score (nSPS) is 11.3. The second-order valence-corrected chi connectivity index (χ2v) is 5.96. The van der Waals surface area contributed by atoms with Crippen molar-refractivity contribution in [2.75, 3.05) is 13.2 Å². The summed E-state index contributed by atoms with van der Waals surface area (Å²) in [6, 6.07) is 8.98. The molecule has 1 aromatic heterocycles. The molecule has 1 amide bonds. The number of aromatic amines is 1. The molecule has 0 aliphatic heterocycles. The molecule has 2 aromatic rings. The van der Waals surface area contributed by atoms with Crippen molar-refractivity contribution >= 4 is 5.91 Å². The predicted octanol–water partition coefficient (Wildman–Crippen LogP) is 3.55. The molecule has 1 aromatic carbocycles. The lowest BCUT2D eigenvalue weighted by molar-refractivity contribution is -0.141. The zero-order chi connectivity index (χ0) is 19.9. The molecule has 0 saturated heterocycles. The van der Waals surface area contributed by atoms with Crippen molar-refractivity contribution < 1.29 is 22.7 Å². The first-order chi connectivity index (χ1) is 12.8. The number of pyridine rings is 1. The molecule has 2 rings (SSSR count). The molecule has 0 aliphatic carbocycles. The number of H-pyrrole nitrogens is 1. The molecule has 0 bridgehead atoms. The highest BCUT2D eigenvalue weighted by molar-refractivity contribution is 5.93. The fraction of sp³-hybridized carbons (Fsp3) is 0.368. The number of alkyl halides is 3. The Morgan fingerprint density at radius 2 is 1.85 bits per heavy atom. The summed E-state index contributed by atoms with van der Waals surface area (Å²) >= 11 is 0. The second-order valence-electron chi connectivity index (χ2n) is 5.96. The van der Waals surface area contributed by atoms with E-state index in [0.717, 1.165) is 30.2 Å². The fourth-order valence-corrected chi connectivity index (χ4v) is 2.32. The van der Waals surface area contributed by atoms with Crippen LogP contribution < -0.4 is 15.6 Å². The molecule has 0 atom stereocenters. The molecule has 0 unspecified atom stereocenters. The minimum atomic E-state index is -4.67. The molecular weight excluding hydrogens is 361 g/mol. The highest BCUT2D eigenvalue weighted by Crippen LogP contribution is 2.26. The Kier molecular flexibility index (Phi) is 7.04. The molecule has 27 heavy (non-hydrogen) atoms. The lowest BCUT2D eigenvalue weighted by atomic mass is 10.1. The highest BCUT2D eigenvalue weighted by atomic mass is 19.4. The SMILES string of the molecule is CCCCOc1ccc(CCNC(=O)c2ccc(C(F)(F)F)[nH]c2=O)cc1. The van der Waals surface area contributed by atoms with Crippen LogP contribution in [0.4, 0.5) is 13.2 Å². The molecule has 0 saturated carbocycles. The van der Waals surface area contributed by atoms with Gasteiger partial charge in [-0.2, -0.15) is 13.2 Å². The van der Waals surface area contributed by atoms with Gasteiger partial charge in [-0.3, -0.25) is 9.59 Å². The van der Waals surface area contributed by atoms with Crippen molar-refractivity contribution in [3.8, 4) is 5.75 Å². The van der Waals surface area contributed by atoms with Gasteiger partial charge >= 0.3 is 6.18 Å². The Morgan fingerprint density at radius 3 is 2.44 bits per heavy atom. The maximum atomic E-state index is 12.5. The average Bonchev–Trinajstić information content (AvgIpc) is 2.62. The molecule has 5 nitrogen and oxygen atoms in total. The van der Waals surface area contributed by atoms with Gasteiger partial charge in [0.25, 0.3) is 11.5 Å². The minimum absolute atomic E-state index is 0.245. The molecule has 0 fully saturated rings. The number of rotatable bonds is 8. The monoisotopic (exact) mass is 382 g/mol. The second kappa shape index (κ2) is 9.25. The smallest absolute Gasteiger partial charge is 0.431 e. The number of nitrogens with one attached hydrogen (secondary N) is 2. The number of halogens is 3. The van der Waals surface area contributed by atoms with Crippen LogP contribution in [0.2, 0.25) is 0 Å². The Morgan fingerprint density at radius 1 is 1.15 bits per heavy atom. The third-order valence-electron chi connectivity index (χ3n) is 3.85. The highest BCUT2D eigenvalue weighted by Gasteiger charge is 2.32. The molecule has 0 spiro atoms. The van der Waals surface area contributed by atoms with Crippen molar-refractivity contribution in [1.82, 2.24) is 10.3 Å². The van der Waals surface area contributed by atoms with Gasteiger partial charge in [0.1, 0.15) is 17.0 Å². The van der Waals surface area contributed by atoms with Gasteiger partial charge in [0.15, 0.2) is 0 Å². The Balaban J connectivity index is 1.86. The molecule has 1 heterocycles. The summed E-state index contributed by atoms with van der Waals surface area (Å²) in [7, 11) is 0. The summed E-state index contributed by atoms with van der Waals surface area (Å²) < 4.78 is 43.1. The third kappa shape index (κ3) is 6.16. The van der Waals surface area contributed by atoms with Gasteiger partial charge < -0.3 is 15.0 Å². The van der Waals surface area contributed by atoms with E-state index < -0.39 is 23.3 Å². The Bertz CT molecular complexity index is 814. The summed E-state index contributed by atoms with van der Waals surface area (Å²) in [5.74, 6) is 0.0528. The maximum Gasteiger partial charge on any atom is 0.431 e. The first kappa shape index (κ1) is 20.5. The van der Waals surface area contributed by atoms with E-state index in [2.05, 4.69) is 12.2 Å². The van der Waals surface area contributed by atoms with E-state index in [1.54, 1.807) is 4.98 Å². The van der Waals surface area contributed by atoms with Gasteiger partial charge in [-0.25, -0.2) is 0 Å². The van der Waals surface area contributed by atoms with E-state index in [1.807, 2.05) is 24.3 Å². The van der Waals surface area contributed by atoms with E-state index in [-0.39, 0.29) is 12.1 Å². The van der Waals surface area contributed by atoms with Gasteiger partial charge in [-0.15, -0.1) is 0 Å². The van der Waals surface area contributed by atoms with Crippen LogP contribution in [-0.4, -0.2) is 24.0 Å². The van der Waals surface area contributed by atoms with E-state index in [1.165, 1.54) is 0 Å². The first-order valence-corrected chi connectivity index (χ1v) is 8.61. The van der Waals surface area contributed by atoms with E-state index in [9.17, 15) is 22.8 Å². The van der Waals surface area contributed by atoms with Crippen LogP contribution in [0.3, 0.4) is 0 Å². The zero-order valence-electron chi connectivity index (χ0n) is 14.9. The topological polar surface area (TPSA) is 71.2 Å². The Labute approximate surface area is 154 Å².